The highest BCUT2D eigenvalue weighted by Gasteiger charge is 2.10. The second kappa shape index (κ2) is 5.27. The lowest BCUT2D eigenvalue weighted by Crippen LogP contribution is -2.13. The van der Waals surface area contributed by atoms with Gasteiger partial charge in [0.15, 0.2) is 9.50 Å². The van der Waals surface area contributed by atoms with E-state index in [0.717, 1.165) is 9.47 Å². The summed E-state index contributed by atoms with van der Waals surface area (Å²) in [6, 6.07) is 1.59. The van der Waals surface area contributed by atoms with Crippen molar-refractivity contribution >= 4 is 34.1 Å². The van der Waals surface area contributed by atoms with Crippen LogP contribution in [0.5, 0.6) is 0 Å². The van der Waals surface area contributed by atoms with Crippen molar-refractivity contribution in [2.45, 2.75) is 9.50 Å². The predicted molar refractivity (Wildman–Crippen MR) is 71.4 cm³/mol. The fraction of sp³-hybridized carbons (Fsp3) is 0.222. The largest absolute Gasteiger partial charge is 0.382 e. The van der Waals surface area contributed by atoms with Crippen LogP contribution in [0, 0.1) is 5.41 Å². The van der Waals surface area contributed by atoms with Crippen LogP contribution >= 0.6 is 23.1 Å². The number of rotatable bonds is 4. The summed E-state index contributed by atoms with van der Waals surface area (Å²) in [7, 11) is 3.81. The van der Waals surface area contributed by atoms with Crippen LogP contribution in [0.1, 0.15) is 5.69 Å². The Balaban J connectivity index is 2.17. The van der Waals surface area contributed by atoms with Crippen molar-refractivity contribution in [3.8, 4) is 0 Å². The SMILES string of the molecule is CN(C)c1nnc(Sc2nccc(C(=N)N)n2)s1. The van der Waals surface area contributed by atoms with Gasteiger partial charge in [0.05, 0.1) is 0 Å². The maximum atomic E-state index is 7.32. The molecular formula is C9H11N7S2. The highest BCUT2D eigenvalue weighted by molar-refractivity contribution is 8.00. The van der Waals surface area contributed by atoms with Crippen LogP contribution in [0.2, 0.25) is 0 Å². The predicted octanol–water partition coefficient (Wildman–Crippen LogP) is 0.829. The van der Waals surface area contributed by atoms with Crippen molar-refractivity contribution in [2.75, 3.05) is 19.0 Å². The van der Waals surface area contributed by atoms with E-state index >= 15 is 0 Å². The van der Waals surface area contributed by atoms with Crippen LogP contribution in [-0.2, 0) is 0 Å². The molecule has 0 radical (unpaired) electrons. The van der Waals surface area contributed by atoms with E-state index in [-0.39, 0.29) is 5.84 Å². The summed E-state index contributed by atoms with van der Waals surface area (Å²) in [5.74, 6) is -0.0782. The molecular weight excluding hydrogens is 270 g/mol. The van der Waals surface area contributed by atoms with E-state index in [1.807, 2.05) is 19.0 Å². The topological polar surface area (TPSA) is 105 Å². The molecule has 3 N–H and O–H groups in total. The van der Waals surface area contributed by atoms with Crippen molar-refractivity contribution in [1.29, 1.82) is 5.41 Å². The van der Waals surface area contributed by atoms with Crippen molar-refractivity contribution in [1.82, 2.24) is 20.2 Å². The Kier molecular flexibility index (Phi) is 3.72. The lowest BCUT2D eigenvalue weighted by atomic mass is 10.4. The van der Waals surface area contributed by atoms with Crippen LogP contribution < -0.4 is 10.6 Å². The van der Waals surface area contributed by atoms with Gasteiger partial charge >= 0.3 is 0 Å². The highest BCUT2D eigenvalue weighted by Crippen LogP contribution is 2.30. The van der Waals surface area contributed by atoms with E-state index in [0.29, 0.717) is 10.9 Å². The number of amidine groups is 1. The molecule has 2 heterocycles. The first-order chi connectivity index (χ1) is 8.56. The van der Waals surface area contributed by atoms with Crippen LogP contribution in [0.25, 0.3) is 0 Å². The number of nitrogens with one attached hydrogen (secondary N) is 1. The van der Waals surface area contributed by atoms with E-state index in [9.17, 15) is 0 Å². The number of hydrogen-bond acceptors (Lipinski definition) is 8. The molecule has 2 aromatic rings. The molecule has 0 fully saturated rings. The number of aromatic nitrogens is 4. The van der Waals surface area contributed by atoms with Gasteiger partial charge in [-0.15, -0.1) is 10.2 Å². The van der Waals surface area contributed by atoms with Gasteiger partial charge in [-0.05, 0) is 17.8 Å². The Hall–Kier alpha value is -1.74. The molecule has 0 aliphatic carbocycles. The van der Waals surface area contributed by atoms with E-state index in [2.05, 4.69) is 20.2 Å². The van der Waals surface area contributed by atoms with Gasteiger partial charge in [0.1, 0.15) is 11.5 Å². The molecule has 0 bridgehead atoms. The Morgan fingerprint density at radius 1 is 1.44 bits per heavy atom. The maximum absolute atomic E-state index is 7.32. The van der Waals surface area contributed by atoms with Gasteiger partial charge < -0.3 is 10.6 Å². The smallest absolute Gasteiger partial charge is 0.208 e. The third-order valence-corrected chi connectivity index (χ3v) is 3.89. The molecule has 0 aliphatic rings. The molecule has 0 saturated carbocycles. The number of nitrogen functional groups attached to an aromatic ring is 1. The van der Waals surface area contributed by atoms with Gasteiger partial charge in [0.25, 0.3) is 0 Å². The van der Waals surface area contributed by atoms with Crippen molar-refractivity contribution in [3.63, 3.8) is 0 Å². The second-order valence-corrected chi connectivity index (χ2v) is 5.66. The van der Waals surface area contributed by atoms with E-state index in [1.165, 1.54) is 23.1 Å². The Morgan fingerprint density at radius 3 is 2.83 bits per heavy atom. The molecule has 0 aliphatic heterocycles. The number of hydrogen-bond donors (Lipinski definition) is 2. The van der Waals surface area contributed by atoms with Crippen LogP contribution in [0.15, 0.2) is 21.8 Å². The third-order valence-electron chi connectivity index (χ3n) is 1.87. The summed E-state index contributed by atoms with van der Waals surface area (Å²) in [5.41, 5.74) is 5.78. The van der Waals surface area contributed by atoms with Crippen molar-refractivity contribution in [3.05, 3.63) is 18.0 Å². The molecule has 0 unspecified atom stereocenters. The standard InChI is InChI=1S/C9H11N7S2/c1-16(2)8-14-15-9(18-8)17-7-12-4-3-5(13-7)6(10)11/h3-4H,1-2H3,(H3,10,11). The Bertz CT molecular complexity index is 566. The van der Waals surface area contributed by atoms with Crippen molar-refractivity contribution < 1.29 is 0 Å². The zero-order valence-electron chi connectivity index (χ0n) is 9.78. The van der Waals surface area contributed by atoms with E-state index < -0.39 is 0 Å². The average Bonchev–Trinajstić information content (AvgIpc) is 2.78. The zero-order valence-corrected chi connectivity index (χ0v) is 11.4. The molecule has 2 rings (SSSR count). The van der Waals surface area contributed by atoms with Crippen LogP contribution in [-0.4, -0.2) is 40.1 Å². The monoisotopic (exact) mass is 281 g/mol. The third kappa shape index (κ3) is 2.93. The molecule has 0 saturated heterocycles. The summed E-state index contributed by atoms with van der Waals surface area (Å²) in [5, 5.41) is 16.7. The molecule has 0 spiro atoms. The molecule has 18 heavy (non-hydrogen) atoms. The summed E-state index contributed by atoms with van der Waals surface area (Å²) < 4.78 is 0.749. The normalized spacial score (nSPS) is 10.3. The minimum absolute atomic E-state index is 0.0782. The number of nitrogens with zero attached hydrogens (tertiary/aromatic N) is 5. The zero-order chi connectivity index (χ0) is 13.1. The highest BCUT2D eigenvalue weighted by atomic mass is 32.2. The molecule has 0 aromatic carbocycles. The maximum Gasteiger partial charge on any atom is 0.208 e. The number of anilines is 1. The lowest BCUT2D eigenvalue weighted by Gasteiger charge is -2.03. The Morgan fingerprint density at radius 2 is 2.22 bits per heavy atom. The fourth-order valence-corrected chi connectivity index (χ4v) is 2.65. The summed E-state index contributed by atoms with van der Waals surface area (Å²) in [4.78, 5) is 10.1. The molecule has 9 heteroatoms. The van der Waals surface area contributed by atoms with Gasteiger partial charge in [-0.1, -0.05) is 11.3 Å². The van der Waals surface area contributed by atoms with Gasteiger partial charge in [-0.2, -0.15) is 0 Å². The molecule has 7 nitrogen and oxygen atoms in total. The fourth-order valence-electron chi connectivity index (χ4n) is 1.04. The minimum Gasteiger partial charge on any atom is -0.382 e. The first-order valence-corrected chi connectivity index (χ1v) is 6.55. The van der Waals surface area contributed by atoms with Gasteiger partial charge in [-0.25, -0.2) is 9.97 Å². The average molecular weight is 281 g/mol. The summed E-state index contributed by atoms with van der Waals surface area (Å²) >= 11 is 2.75. The molecule has 94 valence electrons. The van der Waals surface area contributed by atoms with E-state index in [1.54, 1.807) is 12.3 Å². The molecule has 0 atom stereocenters. The minimum atomic E-state index is -0.0782. The summed E-state index contributed by atoms with van der Waals surface area (Å²) in [6.45, 7) is 0. The van der Waals surface area contributed by atoms with Crippen LogP contribution in [0.3, 0.4) is 0 Å². The van der Waals surface area contributed by atoms with Gasteiger partial charge in [0, 0.05) is 20.3 Å². The number of nitrogens with two attached hydrogens (primary N) is 1. The first kappa shape index (κ1) is 12.7. The van der Waals surface area contributed by atoms with Gasteiger partial charge in [-0.3, -0.25) is 5.41 Å². The Labute approximate surface area is 112 Å². The lowest BCUT2D eigenvalue weighted by molar-refractivity contribution is 0.939. The van der Waals surface area contributed by atoms with Crippen molar-refractivity contribution in [2.24, 2.45) is 5.73 Å². The van der Waals surface area contributed by atoms with E-state index in [4.69, 9.17) is 11.1 Å². The summed E-state index contributed by atoms with van der Waals surface area (Å²) in [6.07, 6.45) is 1.57. The second-order valence-electron chi connectivity index (χ2n) is 3.49. The van der Waals surface area contributed by atoms with Crippen LogP contribution in [0.4, 0.5) is 5.13 Å². The molecule has 0 amide bonds. The first-order valence-electron chi connectivity index (χ1n) is 4.92. The van der Waals surface area contributed by atoms with Gasteiger partial charge in [0.2, 0.25) is 5.13 Å². The molecule has 2 aromatic heterocycles. The quantitative estimate of drug-likeness (QED) is 0.486.